The topological polar surface area (TPSA) is 64.3 Å². The second-order valence-corrected chi connectivity index (χ2v) is 4.58. The van der Waals surface area contributed by atoms with E-state index in [0.717, 1.165) is 5.56 Å². The standard InChI is InChI=1S/C14H18N2O2/c1-9-3-6-13(18-2)12(7-9)16-14(17)10-4-5-11(15)8-10/h3-7,10-11H,8,15H2,1-2H3,(H,16,17). The average Bonchev–Trinajstić information content (AvgIpc) is 2.76. The molecular formula is C14H18N2O2. The van der Waals surface area contributed by atoms with Gasteiger partial charge in [0, 0.05) is 6.04 Å². The van der Waals surface area contributed by atoms with Crippen LogP contribution in [0.25, 0.3) is 0 Å². The number of carbonyl (C=O) groups is 1. The molecule has 0 spiro atoms. The van der Waals surface area contributed by atoms with Crippen molar-refractivity contribution in [2.45, 2.75) is 19.4 Å². The number of benzene rings is 1. The van der Waals surface area contributed by atoms with Crippen LogP contribution in [0.1, 0.15) is 12.0 Å². The number of hydrogen-bond donors (Lipinski definition) is 2. The summed E-state index contributed by atoms with van der Waals surface area (Å²) in [7, 11) is 1.59. The van der Waals surface area contributed by atoms with Crippen molar-refractivity contribution in [3.8, 4) is 5.75 Å². The number of methoxy groups -OCH3 is 1. The van der Waals surface area contributed by atoms with E-state index in [1.54, 1.807) is 7.11 Å². The smallest absolute Gasteiger partial charge is 0.231 e. The van der Waals surface area contributed by atoms with E-state index in [1.807, 2.05) is 37.3 Å². The molecular weight excluding hydrogens is 228 g/mol. The first-order valence-corrected chi connectivity index (χ1v) is 5.99. The monoisotopic (exact) mass is 246 g/mol. The lowest BCUT2D eigenvalue weighted by Gasteiger charge is -2.14. The Kier molecular flexibility index (Phi) is 3.67. The van der Waals surface area contributed by atoms with Gasteiger partial charge < -0.3 is 15.8 Å². The van der Waals surface area contributed by atoms with Crippen molar-refractivity contribution < 1.29 is 9.53 Å². The van der Waals surface area contributed by atoms with Crippen molar-refractivity contribution in [1.29, 1.82) is 0 Å². The van der Waals surface area contributed by atoms with Gasteiger partial charge in [-0.1, -0.05) is 18.2 Å². The van der Waals surface area contributed by atoms with Crippen LogP contribution in [-0.2, 0) is 4.79 Å². The van der Waals surface area contributed by atoms with Gasteiger partial charge in [0.2, 0.25) is 5.91 Å². The minimum Gasteiger partial charge on any atom is -0.495 e. The highest BCUT2D eigenvalue weighted by Gasteiger charge is 2.23. The number of aryl methyl sites for hydroxylation is 1. The molecule has 1 amide bonds. The number of ether oxygens (including phenoxy) is 1. The molecule has 1 aliphatic carbocycles. The maximum atomic E-state index is 12.1. The lowest BCUT2D eigenvalue weighted by Crippen LogP contribution is -2.24. The highest BCUT2D eigenvalue weighted by molar-refractivity contribution is 5.95. The molecule has 0 bridgehead atoms. The van der Waals surface area contributed by atoms with Crippen LogP contribution in [0.3, 0.4) is 0 Å². The first kappa shape index (κ1) is 12.6. The molecule has 0 saturated heterocycles. The van der Waals surface area contributed by atoms with Crippen LogP contribution in [0.2, 0.25) is 0 Å². The van der Waals surface area contributed by atoms with E-state index in [2.05, 4.69) is 5.32 Å². The molecule has 0 radical (unpaired) electrons. The number of hydrogen-bond acceptors (Lipinski definition) is 3. The van der Waals surface area contributed by atoms with Crippen molar-refractivity contribution in [2.75, 3.05) is 12.4 Å². The summed E-state index contributed by atoms with van der Waals surface area (Å²) in [5, 5.41) is 2.89. The van der Waals surface area contributed by atoms with Gasteiger partial charge in [-0.05, 0) is 31.0 Å². The molecule has 0 aromatic heterocycles. The van der Waals surface area contributed by atoms with E-state index in [-0.39, 0.29) is 17.9 Å². The molecule has 1 aliphatic rings. The summed E-state index contributed by atoms with van der Waals surface area (Å²) in [6.45, 7) is 1.97. The zero-order valence-corrected chi connectivity index (χ0v) is 10.6. The van der Waals surface area contributed by atoms with E-state index < -0.39 is 0 Å². The van der Waals surface area contributed by atoms with E-state index in [1.165, 1.54) is 0 Å². The van der Waals surface area contributed by atoms with Gasteiger partial charge in [0.25, 0.3) is 0 Å². The van der Waals surface area contributed by atoms with Gasteiger partial charge in [-0.3, -0.25) is 4.79 Å². The van der Waals surface area contributed by atoms with Crippen LogP contribution in [0.4, 0.5) is 5.69 Å². The zero-order chi connectivity index (χ0) is 13.1. The molecule has 4 heteroatoms. The van der Waals surface area contributed by atoms with Crippen molar-refractivity contribution in [3.63, 3.8) is 0 Å². The van der Waals surface area contributed by atoms with Gasteiger partial charge in [0.05, 0.1) is 18.7 Å². The fraction of sp³-hybridized carbons (Fsp3) is 0.357. The predicted molar refractivity (Wildman–Crippen MR) is 71.6 cm³/mol. The summed E-state index contributed by atoms with van der Waals surface area (Å²) in [5.74, 6) is 0.480. The lowest BCUT2D eigenvalue weighted by atomic mass is 10.1. The van der Waals surface area contributed by atoms with Gasteiger partial charge in [-0.25, -0.2) is 0 Å². The van der Waals surface area contributed by atoms with Crippen LogP contribution < -0.4 is 15.8 Å². The molecule has 0 aliphatic heterocycles. The van der Waals surface area contributed by atoms with Crippen LogP contribution >= 0.6 is 0 Å². The molecule has 1 aromatic rings. The fourth-order valence-electron chi connectivity index (χ4n) is 2.07. The molecule has 4 nitrogen and oxygen atoms in total. The summed E-state index contributed by atoms with van der Waals surface area (Å²) >= 11 is 0. The Hall–Kier alpha value is -1.81. The number of nitrogens with two attached hydrogens (primary N) is 1. The number of carbonyl (C=O) groups excluding carboxylic acids is 1. The van der Waals surface area contributed by atoms with Crippen molar-refractivity contribution in [3.05, 3.63) is 35.9 Å². The molecule has 0 heterocycles. The van der Waals surface area contributed by atoms with E-state index in [4.69, 9.17) is 10.5 Å². The van der Waals surface area contributed by atoms with Crippen molar-refractivity contribution in [2.24, 2.45) is 11.7 Å². The summed E-state index contributed by atoms with van der Waals surface area (Å²) in [5.41, 5.74) is 7.52. The molecule has 1 aromatic carbocycles. The zero-order valence-electron chi connectivity index (χ0n) is 10.6. The molecule has 2 rings (SSSR count). The Morgan fingerprint density at radius 1 is 1.44 bits per heavy atom. The predicted octanol–water partition coefficient (Wildman–Crippen LogP) is 1.85. The van der Waals surface area contributed by atoms with Crippen LogP contribution in [0, 0.1) is 12.8 Å². The molecule has 0 saturated carbocycles. The Balaban J connectivity index is 2.11. The van der Waals surface area contributed by atoms with Gasteiger partial charge >= 0.3 is 0 Å². The maximum Gasteiger partial charge on any atom is 0.231 e. The average molecular weight is 246 g/mol. The number of nitrogens with one attached hydrogen (secondary N) is 1. The Morgan fingerprint density at radius 2 is 2.22 bits per heavy atom. The molecule has 96 valence electrons. The minimum atomic E-state index is -0.148. The fourth-order valence-corrected chi connectivity index (χ4v) is 2.07. The van der Waals surface area contributed by atoms with Gasteiger partial charge in [0.1, 0.15) is 5.75 Å². The summed E-state index contributed by atoms with van der Waals surface area (Å²) < 4.78 is 5.23. The molecule has 2 atom stereocenters. The lowest BCUT2D eigenvalue weighted by molar-refractivity contribution is -0.118. The number of amides is 1. The summed E-state index contributed by atoms with van der Waals surface area (Å²) in [4.78, 5) is 12.1. The van der Waals surface area contributed by atoms with Gasteiger partial charge in [-0.15, -0.1) is 0 Å². The van der Waals surface area contributed by atoms with Crippen molar-refractivity contribution in [1.82, 2.24) is 0 Å². The SMILES string of the molecule is COc1ccc(C)cc1NC(=O)C1C=CC(N)C1. The van der Waals surface area contributed by atoms with E-state index in [0.29, 0.717) is 17.9 Å². The molecule has 0 fully saturated rings. The second-order valence-electron chi connectivity index (χ2n) is 4.58. The molecule has 18 heavy (non-hydrogen) atoms. The third-order valence-electron chi connectivity index (χ3n) is 3.07. The normalized spacial score (nSPS) is 21.9. The highest BCUT2D eigenvalue weighted by atomic mass is 16.5. The van der Waals surface area contributed by atoms with Crippen LogP contribution in [-0.4, -0.2) is 19.1 Å². The van der Waals surface area contributed by atoms with E-state index >= 15 is 0 Å². The highest BCUT2D eigenvalue weighted by Crippen LogP contribution is 2.27. The quantitative estimate of drug-likeness (QED) is 0.800. The number of rotatable bonds is 3. The van der Waals surface area contributed by atoms with Crippen LogP contribution in [0.5, 0.6) is 5.75 Å². The van der Waals surface area contributed by atoms with Crippen LogP contribution in [0.15, 0.2) is 30.4 Å². The molecule has 3 N–H and O–H groups in total. The first-order chi connectivity index (χ1) is 8.60. The third-order valence-corrected chi connectivity index (χ3v) is 3.07. The first-order valence-electron chi connectivity index (χ1n) is 5.99. The van der Waals surface area contributed by atoms with Gasteiger partial charge in [-0.2, -0.15) is 0 Å². The van der Waals surface area contributed by atoms with Gasteiger partial charge in [0.15, 0.2) is 0 Å². The maximum absolute atomic E-state index is 12.1. The largest absolute Gasteiger partial charge is 0.495 e. The summed E-state index contributed by atoms with van der Waals surface area (Å²) in [6.07, 6.45) is 4.40. The summed E-state index contributed by atoms with van der Waals surface area (Å²) in [6, 6.07) is 5.68. The Morgan fingerprint density at radius 3 is 2.83 bits per heavy atom. The minimum absolute atomic E-state index is 0.0137. The van der Waals surface area contributed by atoms with Crippen molar-refractivity contribution >= 4 is 11.6 Å². The Bertz CT molecular complexity index is 483. The second kappa shape index (κ2) is 5.23. The number of anilines is 1. The third kappa shape index (κ3) is 2.71. The molecule has 2 unspecified atom stereocenters. The Labute approximate surface area is 107 Å². The van der Waals surface area contributed by atoms with E-state index in [9.17, 15) is 4.79 Å².